The number of nitrogens with zero attached hydrogens (tertiary/aromatic N) is 5. The Morgan fingerprint density at radius 3 is 2.85 bits per heavy atom. The predicted octanol–water partition coefficient (Wildman–Crippen LogP) is 3.47. The summed E-state index contributed by atoms with van der Waals surface area (Å²) in [5.74, 6) is -0.318. The molecule has 2 aromatic heterocycles. The third kappa shape index (κ3) is 3.40. The zero-order valence-electron chi connectivity index (χ0n) is 13.9. The second-order valence-electron chi connectivity index (χ2n) is 6.00. The molecule has 0 unspecified atom stereocenters. The van der Waals surface area contributed by atoms with Crippen LogP contribution in [0, 0.1) is 0 Å². The van der Waals surface area contributed by atoms with Gasteiger partial charge in [-0.05, 0) is 36.8 Å². The van der Waals surface area contributed by atoms with E-state index in [-0.39, 0.29) is 6.42 Å². The summed E-state index contributed by atoms with van der Waals surface area (Å²) in [4.78, 5) is 20.4. The summed E-state index contributed by atoms with van der Waals surface area (Å²) < 4.78 is 2.71. The molecule has 1 aliphatic rings. The van der Waals surface area contributed by atoms with Crippen molar-refractivity contribution in [1.82, 2.24) is 19.7 Å². The van der Waals surface area contributed by atoms with Crippen LogP contribution in [0.1, 0.15) is 36.0 Å². The van der Waals surface area contributed by atoms with Crippen LogP contribution in [0.4, 0.5) is 0 Å². The standard InChI is InChI=1S/C18H14BrN5O2S/c19-10-4-6-14-11(9-10)16(12-3-1-2-8-20-12)21-13(5-7-15(25)26)17-22-23-18(27)24(14)17/h1-4,6,8-9,13H,5,7H2,(H,23,27)(H,25,26)/t13-/m0/s1. The van der Waals surface area contributed by atoms with Gasteiger partial charge in [-0.15, -0.1) is 22.8 Å². The number of halogens is 1. The van der Waals surface area contributed by atoms with Gasteiger partial charge in [0.15, 0.2) is 11.0 Å². The maximum atomic E-state index is 11.1. The van der Waals surface area contributed by atoms with E-state index in [1.54, 1.807) is 6.20 Å². The zero-order chi connectivity index (χ0) is 19.0. The minimum absolute atomic E-state index is 0.0293. The molecule has 9 heteroatoms. The minimum Gasteiger partial charge on any atom is -0.481 e. The van der Waals surface area contributed by atoms with Gasteiger partial charge in [0.25, 0.3) is 0 Å². The van der Waals surface area contributed by atoms with Crippen molar-refractivity contribution in [2.24, 2.45) is 4.99 Å². The van der Waals surface area contributed by atoms with Crippen molar-refractivity contribution in [2.75, 3.05) is 0 Å². The van der Waals surface area contributed by atoms with Crippen molar-refractivity contribution in [3.05, 3.63) is 64.1 Å². The van der Waals surface area contributed by atoms with Gasteiger partial charge in [-0.3, -0.25) is 19.3 Å². The highest BCUT2D eigenvalue weighted by Gasteiger charge is 2.29. The molecule has 1 aromatic carbocycles. The highest BCUT2D eigenvalue weighted by Crippen LogP contribution is 2.34. The van der Waals surface area contributed by atoms with Crippen LogP contribution in [-0.4, -0.2) is 36.5 Å². The maximum Gasteiger partial charge on any atom is 0.303 e. The van der Waals surface area contributed by atoms with Crippen LogP contribution in [0.3, 0.4) is 0 Å². The first kappa shape index (κ1) is 17.9. The molecule has 0 aliphatic carbocycles. The van der Waals surface area contributed by atoms with Crippen molar-refractivity contribution in [1.29, 1.82) is 0 Å². The monoisotopic (exact) mass is 443 g/mol. The molecule has 7 nitrogen and oxygen atoms in total. The van der Waals surface area contributed by atoms with Gasteiger partial charge in [0, 0.05) is 22.7 Å². The van der Waals surface area contributed by atoms with E-state index in [2.05, 4.69) is 43.7 Å². The average Bonchev–Trinajstić information content (AvgIpc) is 2.97. The van der Waals surface area contributed by atoms with E-state index in [1.165, 1.54) is 0 Å². The molecule has 0 fully saturated rings. The second-order valence-corrected chi connectivity index (χ2v) is 7.31. The molecule has 136 valence electrons. The molecule has 0 radical (unpaired) electrons. The highest BCUT2D eigenvalue weighted by atomic mass is 79.9. The van der Waals surface area contributed by atoms with Gasteiger partial charge in [0.1, 0.15) is 6.04 Å². The number of aromatic nitrogens is 4. The predicted molar refractivity (Wildman–Crippen MR) is 106 cm³/mol. The van der Waals surface area contributed by atoms with Gasteiger partial charge in [0.2, 0.25) is 0 Å². The normalized spacial score (nSPS) is 15.5. The third-order valence-electron chi connectivity index (χ3n) is 4.25. The van der Waals surface area contributed by atoms with E-state index in [0.29, 0.717) is 28.8 Å². The molecule has 0 bridgehead atoms. The summed E-state index contributed by atoms with van der Waals surface area (Å²) in [5.41, 5.74) is 3.06. The van der Waals surface area contributed by atoms with Crippen molar-refractivity contribution in [2.45, 2.75) is 24.0 Å². The lowest BCUT2D eigenvalue weighted by Gasteiger charge is -2.12. The summed E-state index contributed by atoms with van der Waals surface area (Å²) in [6, 6.07) is 10.9. The number of hydrogen-bond donors (Lipinski definition) is 2. The number of hydrogen-bond acceptors (Lipinski definition) is 6. The Bertz CT molecular complexity index is 1050. The Hall–Kier alpha value is -2.52. The largest absolute Gasteiger partial charge is 0.481 e. The zero-order valence-corrected chi connectivity index (χ0v) is 16.4. The average molecular weight is 444 g/mol. The van der Waals surface area contributed by atoms with Gasteiger partial charge in [-0.1, -0.05) is 22.0 Å². The smallest absolute Gasteiger partial charge is 0.303 e. The van der Waals surface area contributed by atoms with E-state index in [1.807, 2.05) is 41.0 Å². The number of pyridine rings is 1. The van der Waals surface area contributed by atoms with Gasteiger partial charge in [-0.25, -0.2) is 0 Å². The lowest BCUT2D eigenvalue weighted by Crippen LogP contribution is -2.09. The van der Waals surface area contributed by atoms with Crippen LogP contribution in [0.25, 0.3) is 5.69 Å². The van der Waals surface area contributed by atoms with Crippen molar-refractivity contribution < 1.29 is 9.90 Å². The Kier molecular flexibility index (Phi) is 4.79. The number of carbonyl (C=O) groups is 1. The molecule has 1 aliphatic heterocycles. The van der Waals surface area contributed by atoms with Crippen LogP contribution in [0.5, 0.6) is 0 Å². The number of rotatable bonds is 4. The fourth-order valence-corrected chi connectivity index (χ4v) is 3.69. The summed E-state index contributed by atoms with van der Waals surface area (Å²) in [6.07, 6.45) is 1.97. The Balaban J connectivity index is 1.97. The summed E-state index contributed by atoms with van der Waals surface area (Å²) >= 11 is 7.96. The van der Waals surface area contributed by atoms with Crippen LogP contribution in [0.2, 0.25) is 0 Å². The third-order valence-corrected chi connectivity index (χ3v) is 5.03. The number of aliphatic imine (C=N–C) groups is 1. The molecule has 27 heavy (non-hydrogen) atoms. The molecule has 0 amide bonds. The van der Waals surface area contributed by atoms with Gasteiger partial charge in [-0.2, -0.15) is 0 Å². The molecule has 0 spiro atoms. The molecule has 3 heterocycles. The first-order valence-corrected chi connectivity index (χ1v) is 9.44. The molecule has 1 atom stereocenters. The SMILES string of the molecule is O=C(O)CC[C@@H]1N=C(c2ccccn2)c2cc(Br)ccc2-n2c(S)nnc21. The molecule has 0 saturated carbocycles. The van der Waals surface area contributed by atoms with E-state index in [4.69, 9.17) is 10.1 Å². The molecular weight excluding hydrogens is 430 g/mol. The summed E-state index contributed by atoms with van der Waals surface area (Å²) in [6.45, 7) is 0. The Labute approximate surface area is 168 Å². The van der Waals surface area contributed by atoms with Crippen molar-refractivity contribution in [3.63, 3.8) is 0 Å². The molecular formula is C18H14BrN5O2S. The number of carboxylic acid groups (broad SMARTS) is 1. The van der Waals surface area contributed by atoms with E-state index >= 15 is 0 Å². The number of benzene rings is 1. The van der Waals surface area contributed by atoms with Gasteiger partial charge >= 0.3 is 5.97 Å². The number of carboxylic acids is 1. The number of fused-ring (bicyclic) bond motifs is 3. The first-order chi connectivity index (χ1) is 13.0. The van der Waals surface area contributed by atoms with E-state index < -0.39 is 12.0 Å². The van der Waals surface area contributed by atoms with Gasteiger partial charge in [0.05, 0.1) is 17.1 Å². The van der Waals surface area contributed by atoms with Gasteiger partial charge < -0.3 is 5.11 Å². The van der Waals surface area contributed by atoms with E-state index in [9.17, 15) is 4.79 Å². The number of thiol groups is 1. The van der Waals surface area contributed by atoms with Crippen LogP contribution in [-0.2, 0) is 4.79 Å². The first-order valence-electron chi connectivity index (χ1n) is 8.20. The number of aliphatic carboxylic acids is 1. The Morgan fingerprint density at radius 2 is 2.11 bits per heavy atom. The quantitative estimate of drug-likeness (QED) is 0.602. The maximum absolute atomic E-state index is 11.1. The second kappa shape index (κ2) is 7.24. The van der Waals surface area contributed by atoms with Crippen molar-refractivity contribution >= 4 is 40.2 Å². The fourth-order valence-electron chi connectivity index (χ4n) is 3.07. The lowest BCUT2D eigenvalue weighted by atomic mass is 10.0. The molecule has 0 saturated heterocycles. The van der Waals surface area contributed by atoms with Crippen LogP contribution >= 0.6 is 28.6 Å². The summed E-state index contributed by atoms with van der Waals surface area (Å²) in [7, 11) is 0. The topological polar surface area (TPSA) is 93.3 Å². The minimum atomic E-state index is -0.883. The van der Waals surface area contributed by atoms with Crippen LogP contribution in [0.15, 0.2) is 57.2 Å². The van der Waals surface area contributed by atoms with Crippen LogP contribution < -0.4 is 0 Å². The summed E-state index contributed by atoms with van der Waals surface area (Å²) in [5, 5.41) is 17.9. The molecule has 3 aromatic rings. The lowest BCUT2D eigenvalue weighted by molar-refractivity contribution is -0.137. The fraction of sp³-hybridized carbons (Fsp3) is 0.167. The highest BCUT2D eigenvalue weighted by molar-refractivity contribution is 9.10. The molecule has 1 N–H and O–H groups in total. The Morgan fingerprint density at radius 1 is 1.26 bits per heavy atom. The van der Waals surface area contributed by atoms with Crippen molar-refractivity contribution in [3.8, 4) is 5.69 Å². The van der Waals surface area contributed by atoms with E-state index in [0.717, 1.165) is 15.7 Å². The molecule has 4 rings (SSSR count).